The molecule has 0 amide bonds. The highest BCUT2D eigenvalue weighted by Crippen LogP contribution is 2.23. The van der Waals surface area contributed by atoms with Crippen LogP contribution >= 0.6 is 0 Å². The van der Waals surface area contributed by atoms with Gasteiger partial charge in [-0.1, -0.05) is 141 Å². The van der Waals surface area contributed by atoms with E-state index >= 15 is 0 Å². The standard InChI is InChI=1S/C47H90N3O4/c1-5-7-9-11-13-15-17-19-21-23-25-27-29-31-33-36-46(51)53-44(3)49-39-42-50(43-40-49,41-35-38-48)45(4)54-47(52)37-34-32-30-28-26-24-22-20-18-16-14-12-10-8-6-2/h19-22,44-45H,5-18,23-43,48H2,1-4H3/q+1. The van der Waals surface area contributed by atoms with E-state index in [-0.39, 0.29) is 24.4 Å². The van der Waals surface area contributed by atoms with Gasteiger partial charge in [0.05, 0.1) is 32.7 Å². The van der Waals surface area contributed by atoms with Crippen LogP contribution in [0.15, 0.2) is 24.3 Å². The lowest BCUT2D eigenvalue weighted by atomic mass is 10.1. The van der Waals surface area contributed by atoms with E-state index in [1.54, 1.807) is 0 Å². The van der Waals surface area contributed by atoms with Gasteiger partial charge in [0, 0.05) is 26.2 Å². The van der Waals surface area contributed by atoms with Crippen molar-refractivity contribution in [2.45, 2.75) is 226 Å². The second kappa shape index (κ2) is 35.7. The van der Waals surface area contributed by atoms with Crippen molar-refractivity contribution in [2.75, 3.05) is 39.3 Å². The van der Waals surface area contributed by atoms with E-state index in [2.05, 4.69) is 50.0 Å². The largest absolute Gasteiger partial charge is 0.447 e. The van der Waals surface area contributed by atoms with Crippen molar-refractivity contribution in [3.05, 3.63) is 24.3 Å². The van der Waals surface area contributed by atoms with Gasteiger partial charge >= 0.3 is 11.9 Å². The summed E-state index contributed by atoms with van der Waals surface area (Å²) in [5, 5.41) is 0. The third-order valence-corrected chi connectivity index (χ3v) is 11.6. The summed E-state index contributed by atoms with van der Waals surface area (Å²) in [6.07, 6.45) is 43.4. The Morgan fingerprint density at radius 2 is 0.926 bits per heavy atom. The molecule has 0 spiro atoms. The smallest absolute Gasteiger partial charge is 0.310 e. The van der Waals surface area contributed by atoms with Crippen molar-refractivity contribution in [3.63, 3.8) is 0 Å². The Bertz CT molecular complexity index is 930. The van der Waals surface area contributed by atoms with Gasteiger partial charge in [-0.3, -0.25) is 19.0 Å². The predicted octanol–water partition coefficient (Wildman–Crippen LogP) is 12.3. The van der Waals surface area contributed by atoms with E-state index in [0.29, 0.717) is 19.4 Å². The van der Waals surface area contributed by atoms with E-state index in [1.807, 2.05) is 6.92 Å². The Labute approximate surface area is 335 Å². The Balaban J connectivity index is 2.19. The van der Waals surface area contributed by atoms with Crippen LogP contribution in [0.5, 0.6) is 0 Å². The first-order valence-corrected chi connectivity index (χ1v) is 23.4. The molecule has 1 aliphatic rings. The molecule has 0 aliphatic carbocycles. The number of esters is 2. The molecule has 2 unspecified atom stereocenters. The SMILES string of the molecule is CCCCCCCCC=CCCCCCCCC(=O)OC(C)N1CC[N+](CCCN)(C(C)OC(=O)CCCCCCCC=CCCCCCCCC)CC1. The van der Waals surface area contributed by atoms with Gasteiger partial charge < -0.3 is 15.2 Å². The maximum absolute atomic E-state index is 12.9. The molecule has 0 bridgehead atoms. The maximum Gasteiger partial charge on any atom is 0.310 e. The van der Waals surface area contributed by atoms with Crippen LogP contribution in [0.4, 0.5) is 0 Å². The summed E-state index contributed by atoms with van der Waals surface area (Å²) in [4.78, 5) is 27.8. The summed E-state index contributed by atoms with van der Waals surface area (Å²) in [7, 11) is 0. The van der Waals surface area contributed by atoms with Crippen molar-refractivity contribution in [1.82, 2.24) is 4.90 Å². The first kappa shape index (κ1) is 50.3. The molecule has 0 radical (unpaired) electrons. The van der Waals surface area contributed by atoms with Gasteiger partial charge in [0.15, 0.2) is 6.23 Å². The fraction of sp³-hybridized carbons (Fsp3) is 0.872. The highest BCUT2D eigenvalue weighted by molar-refractivity contribution is 5.69. The monoisotopic (exact) mass is 761 g/mol. The lowest BCUT2D eigenvalue weighted by molar-refractivity contribution is -0.971. The van der Waals surface area contributed by atoms with E-state index in [0.717, 1.165) is 69.3 Å². The van der Waals surface area contributed by atoms with Gasteiger partial charge in [0.2, 0.25) is 6.23 Å². The second-order valence-corrected chi connectivity index (χ2v) is 16.4. The average molecular weight is 761 g/mol. The number of carbonyl (C=O) groups is 2. The number of nitrogens with two attached hydrogens (primary N) is 1. The van der Waals surface area contributed by atoms with Crippen molar-refractivity contribution >= 4 is 11.9 Å². The van der Waals surface area contributed by atoms with Crippen LogP contribution in [0, 0.1) is 0 Å². The third-order valence-electron chi connectivity index (χ3n) is 11.6. The van der Waals surface area contributed by atoms with E-state index in [4.69, 9.17) is 15.2 Å². The molecule has 1 heterocycles. The molecule has 2 N–H and O–H groups in total. The van der Waals surface area contributed by atoms with Crippen molar-refractivity contribution in [2.24, 2.45) is 5.73 Å². The van der Waals surface area contributed by atoms with Crippen LogP contribution in [-0.4, -0.2) is 73.0 Å². The fourth-order valence-corrected chi connectivity index (χ4v) is 7.78. The van der Waals surface area contributed by atoms with Crippen LogP contribution in [0.3, 0.4) is 0 Å². The number of nitrogens with zero attached hydrogens (tertiary/aromatic N) is 2. The minimum atomic E-state index is -0.240. The van der Waals surface area contributed by atoms with Gasteiger partial charge in [0.1, 0.15) is 0 Å². The Morgan fingerprint density at radius 1 is 0.556 bits per heavy atom. The van der Waals surface area contributed by atoms with Crippen LogP contribution in [0.2, 0.25) is 0 Å². The molecule has 1 rings (SSSR count). The van der Waals surface area contributed by atoms with Gasteiger partial charge in [0.25, 0.3) is 0 Å². The minimum Gasteiger partial charge on any atom is -0.447 e. The molecule has 0 aromatic heterocycles. The lowest BCUT2D eigenvalue weighted by Crippen LogP contribution is -2.66. The molecule has 54 heavy (non-hydrogen) atoms. The molecule has 7 nitrogen and oxygen atoms in total. The number of hydrogen-bond acceptors (Lipinski definition) is 6. The van der Waals surface area contributed by atoms with Crippen molar-refractivity contribution in [3.8, 4) is 0 Å². The third kappa shape index (κ3) is 27.0. The first-order chi connectivity index (χ1) is 26.4. The minimum absolute atomic E-state index is 0.0780. The molecular weight excluding hydrogens is 671 g/mol. The molecule has 7 heteroatoms. The number of allylic oxidation sites excluding steroid dienone is 4. The van der Waals surface area contributed by atoms with Gasteiger partial charge in [-0.25, -0.2) is 0 Å². The van der Waals surface area contributed by atoms with E-state index in [9.17, 15) is 9.59 Å². The number of unbranched alkanes of at least 4 members (excludes halogenated alkanes) is 22. The molecular formula is C47H90N3O4+. The second-order valence-electron chi connectivity index (χ2n) is 16.4. The highest BCUT2D eigenvalue weighted by Gasteiger charge is 2.40. The quantitative estimate of drug-likeness (QED) is 0.0294. The van der Waals surface area contributed by atoms with Crippen LogP contribution in [-0.2, 0) is 19.1 Å². The molecule has 316 valence electrons. The molecule has 0 saturated carbocycles. The van der Waals surface area contributed by atoms with E-state index in [1.165, 1.54) is 141 Å². The summed E-state index contributed by atoms with van der Waals surface area (Å²) in [6, 6.07) is 0. The summed E-state index contributed by atoms with van der Waals surface area (Å²) >= 11 is 0. The van der Waals surface area contributed by atoms with Gasteiger partial charge in [-0.15, -0.1) is 0 Å². The van der Waals surface area contributed by atoms with Gasteiger partial charge in [-0.2, -0.15) is 0 Å². The Hall–Kier alpha value is -1.70. The number of carbonyl (C=O) groups excluding carboxylic acids is 2. The molecule has 2 atom stereocenters. The summed E-state index contributed by atoms with van der Waals surface area (Å²) in [5.74, 6) is -0.168. The predicted molar refractivity (Wildman–Crippen MR) is 230 cm³/mol. The topological polar surface area (TPSA) is 81.9 Å². The Morgan fingerprint density at radius 3 is 1.33 bits per heavy atom. The Kier molecular flexibility index (Phi) is 33.3. The number of rotatable bonds is 37. The first-order valence-electron chi connectivity index (χ1n) is 23.4. The number of ether oxygens (including phenoxy) is 2. The summed E-state index contributed by atoms with van der Waals surface area (Å²) in [6.45, 7) is 13.5. The van der Waals surface area contributed by atoms with Crippen LogP contribution in [0.25, 0.3) is 0 Å². The molecule has 1 saturated heterocycles. The lowest BCUT2D eigenvalue weighted by Gasteiger charge is -2.48. The number of piperazine rings is 1. The highest BCUT2D eigenvalue weighted by atomic mass is 16.6. The number of hydrogen-bond donors (Lipinski definition) is 1. The number of quaternary nitrogens is 1. The zero-order valence-electron chi connectivity index (χ0n) is 36.3. The zero-order valence-corrected chi connectivity index (χ0v) is 36.3. The maximum atomic E-state index is 12.9. The molecule has 0 aromatic rings. The van der Waals surface area contributed by atoms with Crippen LogP contribution in [0.1, 0.15) is 214 Å². The molecule has 1 aliphatic heterocycles. The van der Waals surface area contributed by atoms with Crippen LogP contribution < -0.4 is 5.73 Å². The average Bonchev–Trinajstić information content (AvgIpc) is 3.17. The molecule has 0 aromatic carbocycles. The zero-order chi connectivity index (χ0) is 39.4. The normalized spacial score (nSPS) is 15.9. The molecule has 1 fully saturated rings. The summed E-state index contributed by atoms with van der Waals surface area (Å²) in [5.41, 5.74) is 5.93. The fourth-order valence-electron chi connectivity index (χ4n) is 7.78. The van der Waals surface area contributed by atoms with Gasteiger partial charge in [-0.05, 0) is 77.7 Å². The summed E-state index contributed by atoms with van der Waals surface area (Å²) < 4.78 is 12.7. The van der Waals surface area contributed by atoms with Crippen molar-refractivity contribution in [1.29, 1.82) is 0 Å². The van der Waals surface area contributed by atoms with E-state index < -0.39 is 0 Å². The van der Waals surface area contributed by atoms with Crippen molar-refractivity contribution < 1.29 is 23.5 Å².